The third-order valence-electron chi connectivity index (χ3n) is 4.28. The topological polar surface area (TPSA) is 56.0 Å². The van der Waals surface area contributed by atoms with E-state index in [1.807, 2.05) is 29.5 Å². The molecule has 1 aromatic carbocycles. The van der Waals surface area contributed by atoms with Crippen molar-refractivity contribution in [2.24, 2.45) is 0 Å². The van der Waals surface area contributed by atoms with Crippen LogP contribution in [-0.2, 0) is 19.3 Å². The number of aromatic nitrogens is 5. The standard InChI is InChI=1S/C16H13N5S/c1-2-5-10(6-3-1)9-13-17-16-14(15-18-19-20-21(13)15)11-7-4-8-12(11)22-16/h1-3,5-6H,4,7-9H2. The zero-order valence-corrected chi connectivity index (χ0v) is 12.7. The lowest BCUT2D eigenvalue weighted by molar-refractivity contribution is 0.768. The predicted molar refractivity (Wildman–Crippen MR) is 85.2 cm³/mol. The Morgan fingerprint density at radius 2 is 2.05 bits per heavy atom. The van der Waals surface area contributed by atoms with E-state index in [1.165, 1.54) is 27.8 Å². The number of hydrogen-bond acceptors (Lipinski definition) is 5. The molecule has 0 N–H and O–H groups in total. The van der Waals surface area contributed by atoms with Gasteiger partial charge in [0.25, 0.3) is 0 Å². The molecule has 5 rings (SSSR count). The summed E-state index contributed by atoms with van der Waals surface area (Å²) in [5.74, 6) is 0.902. The van der Waals surface area contributed by atoms with E-state index in [1.54, 1.807) is 4.52 Å². The van der Waals surface area contributed by atoms with Gasteiger partial charge in [0.05, 0.1) is 5.39 Å². The summed E-state index contributed by atoms with van der Waals surface area (Å²) in [5.41, 5.74) is 3.49. The van der Waals surface area contributed by atoms with E-state index < -0.39 is 0 Å². The smallest absolute Gasteiger partial charge is 0.191 e. The van der Waals surface area contributed by atoms with Gasteiger partial charge in [-0.3, -0.25) is 0 Å². The van der Waals surface area contributed by atoms with Gasteiger partial charge in [0, 0.05) is 11.3 Å². The van der Waals surface area contributed by atoms with Crippen LogP contribution in [0.25, 0.3) is 15.9 Å². The molecule has 0 radical (unpaired) electrons. The molecule has 4 aromatic rings. The lowest BCUT2D eigenvalue weighted by Crippen LogP contribution is -2.04. The molecule has 0 bridgehead atoms. The molecule has 0 unspecified atom stereocenters. The Morgan fingerprint density at radius 3 is 2.95 bits per heavy atom. The molecular formula is C16H13N5S. The van der Waals surface area contributed by atoms with Crippen LogP contribution in [0.4, 0.5) is 0 Å². The average Bonchev–Trinajstić information content (AvgIpc) is 3.22. The number of thiophene rings is 1. The highest BCUT2D eigenvalue weighted by Crippen LogP contribution is 2.38. The van der Waals surface area contributed by atoms with E-state index in [-0.39, 0.29) is 0 Å². The molecule has 0 saturated heterocycles. The van der Waals surface area contributed by atoms with Gasteiger partial charge in [0.2, 0.25) is 0 Å². The maximum absolute atomic E-state index is 4.87. The maximum Gasteiger partial charge on any atom is 0.191 e. The summed E-state index contributed by atoms with van der Waals surface area (Å²) < 4.78 is 1.81. The van der Waals surface area contributed by atoms with Crippen LogP contribution in [0.15, 0.2) is 30.3 Å². The van der Waals surface area contributed by atoms with Gasteiger partial charge in [-0.2, -0.15) is 4.52 Å². The van der Waals surface area contributed by atoms with Crippen molar-refractivity contribution in [1.29, 1.82) is 0 Å². The quantitative estimate of drug-likeness (QED) is 0.571. The van der Waals surface area contributed by atoms with Crippen LogP contribution in [-0.4, -0.2) is 25.0 Å². The van der Waals surface area contributed by atoms with Crippen molar-refractivity contribution in [3.63, 3.8) is 0 Å². The third kappa shape index (κ3) is 1.70. The van der Waals surface area contributed by atoms with Crippen molar-refractivity contribution in [2.45, 2.75) is 25.7 Å². The van der Waals surface area contributed by atoms with Crippen molar-refractivity contribution >= 4 is 27.2 Å². The number of aryl methyl sites for hydroxylation is 2. The minimum absolute atomic E-state index is 0.737. The van der Waals surface area contributed by atoms with Gasteiger partial charge < -0.3 is 0 Å². The van der Waals surface area contributed by atoms with Crippen LogP contribution in [0.5, 0.6) is 0 Å². The first kappa shape index (κ1) is 12.2. The van der Waals surface area contributed by atoms with Gasteiger partial charge >= 0.3 is 0 Å². The third-order valence-corrected chi connectivity index (χ3v) is 5.46. The predicted octanol–water partition coefficient (Wildman–Crippen LogP) is 2.81. The molecule has 1 aliphatic rings. The number of tetrazole rings is 1. The first-order valence-electron chi connectivity index (χ1n) is 7.45. The van der Waals surface area contributed by atoms with Gasteiger partial charge in [0.1, 0.15) is 10.7 Å². The van der Waals surface area contributed by atoms with E-state index in [2.05, 4.69) is 27.7 Å². The molecule has 0 fully saturated rings. The Hall–Kier alpha value is -2.34. The molecule has 108 valence electrons. The van der Waals surface area contributed by atoms with Crippen molar-refractivity contribution in [3.05, 3.63) is 52.2 Å². The van der Waals surface area contributed by atoms with Crippen LogP contribution >= 0.6 is 11.3 Å². The minimum Gasteiger partial charge on any atom is -0.221 e. The van der Waals surface area contributed by atoms with Gasteiger partial charge in [0.15, 0.2) is 5.65 Å². The summed E-state index contributed by atoms with van der Waals surface area (Å²) in [5, 5.41) is 13.5. The highest BCUT2D eigenvalue weighted by Gasteiger charge is 2.23. The minimum atomic E-state index is 0.737. The zero-order chi connectivity index (χ0) is 14.5. The maximum atomic E-state index is 4.87. The van der Waals surface area contributed by atoms with Gasteiger partial charge in [-0.1, -0.05) is 30.3 Å². The summed E-state index contributed by atoms with van der Waals surface area (Å²) in [6, 6.07) is 10.3. The second kappa shape index (κ2) is 4.58. The molecule has 3 heterocycles. The van der Waals surface area contributed by atoms with E-state index in [4.69, 9.17) is 4.98 Å². The van der Waals surface area contributed by atoms with Crippen molar-refractivity contribution in [2.75, 3.05) is 0 Å². The molecule has 0 aliphatic heterocycles. The summed E-state index contributed by atoms with van der Waals surface area (Å²) in [6.07, 6.45) is 4.26. The molecule has 0 atom stereocenters. The lowest BCUT2D eigenvalue weighted by Gasteiger charge is -2.04. The fourth-order valence-electron chi connectivity index (χ4n) is 3.27. The summed E-state index contributed by atoms with van der Waals surface area (Å²) >= 11 is 1.81. The molecule has 0 spiro atoms. The van der Waals surface area contributed by atoms with Crippen molar-refractivity contribution in [3.8, 4) is 0 Å². The molecule has 0 saturated carbocycles. The van der Waals surface area contributed by atoms with E-state index in [9.17, 15) is 0 Å². The Labute approximate surface area is 130 Å². The number of benzene rings is 1. The number of nitrogens with zero attached hydrogens (tertiary/aromatic N) is 5. The van der Waals surface area contributed by atoms with Crippen molar-refractivity contribution < 1.29 is 0 Å². The van der Waals surface area contributed by atoms with E-state index in [0.717, 1.165) is 35.6 Å². The fraction of sp³-hybridized carbons (Fsp3) is 0.250. The van der Waals surface area contributed by atoms with E-state index in [0.29, 0.717) is 0 Å². The number of rotatable bonds is 2. The SMILES string of the molecule is c1ccc(Cc2nc3sc4c(c3c3nnnn23)CCC4)cc1. The summed E-state index contributed by atoms with van der Waals surface area (Å²) in [4.78, 5) is 7.42. The fourth-order valence-corrected chi connectivity index (χ4v) is 4.55. The first-order chi connectivity index (χ1) is 10.9. The van der Waals surface area contributed by atoms with Crippen LogP contribution in [0.2, 0.25) is 0 Å². The number of fused-ring (bicyclic) bond motifs is 5. The summed E-state index contributed by atoms with van der Waals surface area (Å²) in [7, 11) is 0. The zero-order valence-electron chi connectivity index (χ0n) is 11.9. The molecule has 0 amide bonds. The number of hydrogen-bond donors (Lipinski definition) is 0. The molecule has 1 aliphatic carbocycles. The largest absolute Gasteiger partial charge is 0.221 e. The molecular weight excluding hydrogens is 294 g/mol. The lowest BCUT2D eigenvalue weighted by atomic mass is 10.1. The average molecular weight is 307 g/mol. The summed E-state index contributed by atoms with van der Waals surface area (Å²) in [6.45, 7) is 0. The van der Waals surface area contributed by atoms with Crippen molar-refractivity contribution in [1.82, 2.24) is 25.0 Å². The van der Waals surface area contributed by atoms with Crippen LogP contribution in [0, 0.1) is 0 Å². The highest BCUT2D eigenvalue weighted by atomic mass is 32.1. The van der Waals surface area contributed by atoms with Crippen LogP contribution in [0.1, 0.15) is 28.2 Å². The Bertz CT molecular complexity index is 986. The van der Waals surface area contributed by atoms with E-state index >= 15 is 0 Å². The van der Waals surface area contributed by atoms with Crippen LogP contribution in [0.3, 0.4) is 0 Å². The molecule has 5 nitrogen and oxygen atoms in total. The van der Waals surface area contributed by atoms with Gasteiger partial charge in [-0.25, -0.2) is 4.98 Å². The monoisotopic (exact) mass is 307 g/mol. The Balaban J connectivity index is 1.76. The van der Waals surface area contributed by atoms with Gasteiger partial charge in [-0.05, 0) is 40.8 Å². The Kier molecular flexibility index (Phi) is 2.54. The highest BCUT2D eigenvalue weighted by molar-refractivity contribution is 7.19. The second-order valence-corrected chi connectivity index (χ2v) is 6.73. The molecule has 6 heteroatoms. The normalized spacial score (nSPS) is 14.0. The first-order valence-corrected chi connectivity index (χ1v) is 8.27. The molecule has 3 aromatic heterocycles. The van der Waals surface area contributed by atoms with Gasteiger partial charge in [-0.15, -0.1) is 16.4 Å². The second-order valence-electron chi connectivity index (χ2n) is 5.64. The Morgan fingerprint density at radius 1 is 1.14 bits per heavy atom. The van der Waals surface area contributed by atoms with Crippen LogP contribution < -0.4 is 0 Å². The molecule has 22 heavy (non-hydrogen) atoms.